The zero-order valence-corrected chi connectivity index (χ0v) is 16.4. The maximum absolute atomic E-state index is 12.6. The molecule has 3 heterocycles. The Balaban J connectivity index is 1.67. The SMILES string of the molecule is CCNc1cc(N2CCN(C(=O)c3cc(Cl)sc3Cl)CC2)nc(C)n1. The maximum atomic E-state index is 12.6. The van der Waals surface area contributed by atoms with Crippen LogP contribution in [0, 0.1) is 6.92 Å². The monoisotopic (exact) mass is 399 g/mol. The number of carbonyl (C=O) groups is 1. The fraction of sp³-hybridized carbons (Fsp3) is 0.438. The first-order valence-corrected chi connectivity index (χ1v) is 9.63. The summed E-state index contributed by atoms with van der Waals surface area (Å²) in [5, 5.41) is 3.22. The summed E-state index contributed by atoms with van der Waals surface area (Å²) >= 11 is 13.3. The van der Waals surface area contributed by atoms with Crippen LogP contribution in [0.5, 0.6) is 0 Å². The molecule has 9 heteroatoms. The summed E-state index contributed by atoms with van der Waals surface area (Å²) in [5.41, 5.74) is 0.484. The fourth-order valence-electron chi connectivity index (χ4n) is 2.78. The van der Waals surface area contributed by atoms with Crippen molar-refractivity contribution in [2.24, 2.45) is 0 Å². The van der Waals surface area contributed by atoms with Gasteiger partial charge in [0.2, 0.25) is 0 Å². The van der Waals surface area contributed by atoms with Crippen LogP contribution in [0.15, 0.2) is 12.1 Å². The Morgan fingerprint density at radius 1 is 1.24 bits per heavy atom. The Labute approximate surface area is 160 Å². The van der Waals surface area contributed by atoms with Gasteiger partial charge in [0.1, 0.15) is 21.8 Å². The summed E-state index contributed by atoms with van der Waals surface area (Å²) in [6.07, 6.45) is 0. The van der Waals surface area contributed by atoms with Crippen LogP contribution >= 0.6 is 34.5 Å². The summed E-state index contributed by atoms with van der Waals surface area (Å²) in [4.78, 5) is 25.5. The van der Waals surface area contributed by atoms with Crippen molar-refractivity contribution in [2.75, 3.05) is 42.9 Å². The van der Waals surface area contributed by atoms with Crippen LogP contribution in [-0.4, -0.2) is 53.5 Å². The fourth-order valence-corrected chi connectivity index (χ4v) is 4.23. The van der Waals surface area contributed by atoms with Gasteiger partial charge in [0.15, 0.2) is 0 Å². The minimum atomic E-state index is -0.0694. The predicted octanol–water partition coefficient (Wildman–Crippen LogP) is 3.55. The molecule has 25 heavy (non-hydrogen) atoms. The lowest BCUT2D eigenvalue weighted by Crippen LogP contribution is -2.49. The number of hydrogen-bond acceptors (Lipinski definition) is 6. The van der Waals surface area contributed by atoms with E-state index < -0.39 is 0 Å². The number of anilines is 2. The van der Waals surface area contributed by atoms with E-state index in [0.29, 0.717) is 40.4 Å². The van der Waals surface area contributed by atoms with Crippen LogP contribution in [0.1, 0.15) is 23.1 Å². The van der Waals surface area contributed by atoms with Gasteiger partial charge in [-0.25, -0.2) is 9.97 Å². The van der Waals surface area contributed by atoms with E-state index in [2.05, 4.69) is 20.2 Å². The van der Waals surface area contributed by atoms with Crippen LogP contribution < -0.4 is 10.2 Å². The minimum absolute atomic E-state index is 0.0694. The van der Waals surface area contributed by atoms with Crippen molar-refractivity contribution < 1.29 is 4.79 Å². The molecule has 134 valence electrons. The van der Waals surface area contributed by atoms with Gasteiger partial charge in [-0.2, -0.15) is 0 Å². The van der Waals surface area contributed by atoms with Crippen LogP contribution in [0.25, 0.3) is 0 Å². The number of aromatic nitrogens is 2. The van der Waals surface area contributed by atoms with Crippen molar-refractivity contribution in [3.8, 4) is 0 Å². The van der Waals surface area contributed by atoms with E-state index >= 15 is 0 Å². The molecule has 6 nitrogen and oxygen atoms in total. The van der Waals surface area contributed by atoms with Gasteiger partial charge in [0, 0.05) is 38.8 Å². The second-order valence-electron chi connectivity index (χ2n) is 5.71. The molecule has 0 radical (unpaired) electrons. The molecule has 0 bridgehead atoms. The predicted molar refractivity (Wildman–Crippen MR) is 103 cm³/mol. The van der Waals surface area contributed by atoms with Gasteiger partial charge in [-0.1, -0.05) is 23.2 Å². The largest absolute Gasteiger partial charge is 0.370 e. The maximum Gasteiger partial charge on any atom is 0.256 e. The molecule has 3 rings (SSSR count). The van der Waals surface area contributed by atoms with Crippen molar-refractivity contribution in [3.63, 3.8) is 0 Å². The molecule has 0 aromatic carbocycles. The minimum Gasteiger partial charge on any atom is -0.370 e. The molecular weight excluding hydrogens is 381 g/mol. The van der Waals surface area contributed by atoms with E-state index in [0.717, 1.165) is 24.0 Å². The van der Waals surface area contributed by atoms with E-state index in [1.54, 1.807) is 11.0 Å². The zero-order chi connectivity index (χ0) is 18.0. The zero-order valence-electron chi connectivity index (χ0n) is 14.1. The second-order valence-corrected chi connectivity index (χ2v) is 7.99. The van der Waals surface area contributed by atoms with Crippen molar-refractivity contribution >= 4 is 52.1 Å². The summed E-state index contributed by atoms with van der Waals surface area (Å²) in [5.74, 6) is 2.36. The van der Waals surface area contributed by atoms with Crippen molar-refractivity contribution in [2.45, 2.75) is 13.8 Å². The van der Waals surface area contributed by atoms with Gasteiger partial charge >= 0.3 is 0 Å². The van der Waals surface area contributed by atoms with Crippen LogP contribution in [0.3, 0.4) is 0 Å². The lowest BCUT2D eigenvalue weighted by atomic mass is 10.2. The van der Waals surface area contributed by atoms with Crippen LogP contribution in [0.2, 0.25) is 8.67 Å². The molecule has 1 amide bonds. The third kappa shape index (κ3) is 4.16. The normalized spacial score (nSPS) is 14.7. The molecule has 0 spiro atoms. The van der Waals surface area contributed by atoms with Gasteiger partial charge in [-0.05, 0) is 19.9 Å². The number of nitrogens with one attached hydrogen (secondary N) is 1. The highest BCUT2D eigenvalue weighted by Crippen LogP contribution is 2.32. The van der Waals surface area contributed by atoms with Gasteiger partial charge in [0.25, 0.3) is 5.91 Å². The quantitative estimate of drug-likeness (QED) is 0.851. The number of piperazine rings is 1. The molecule has 2 aromatic heterocycles. The van der Waals surface area contributed by atoms with E-state index in [-0.39, 0.29) is 5.91 Å². The Bertz CT molecular complexity index is 774. The van der Waals surface area contributed by atoms with Gasteiger partial charge < -0.3 is 15.1 Å². The van der Waals surface area contributed by atoms with Crippen molar-refractivity contribution in [1.82, 2.24) is 14.9 Å². The Morgan fingerprint density at radius 3 is 2.56 bits per heavy atom. The number of rotatable bonds is 4. The summed E-state index contributed by atoms with van der Waals surface area (Å²) in [7, 11) is 0. The second kappa shape index (κ2) is 7.76. The number of thiophene rings is 1. The first-order chi connectivity index (χ1) is 12.0. The average Bonchev–Trinajstić information content (AvgIpc) is 2.92. The third-order valence-corrected chi connectivity index (χ3v) is 5.45. The molecular formula is C16H19Cl2N5OS. The smallest absolute Gasteiger partial charge is 0.256 e. The topological polar surface area (TPSA) is 61.4 Å². The first kappa shape index (κ1) is 18.2. The molecule has 0 unspecified atom stereocenters. The molecule has 0 aliphatic carbocycles. The highest BCUT2D eigenvalue weighted by molar-refractivity contribution is 7.20. The number of hydrogen-bond donors (Lipinski definition) is 1. The molecule has 1 aliphatic heterocycles. The molecule has 1 fully saturated rings. The Hall–Kier alpha value is -1.57. The number of halogens is 2. The van der Waals surface area contributed by atoms with E-state index in [9.17, 15) is 4.79 Å². The number of amides is 1. The molecule has 0 atom stereocenters. The summed E-state index contributed by atoms with van der Waals surface area (Å²) in [6, 6.07) is 3.59. The average molecular weight is 400 g/mol. The van der Waals surface area contributed by atoms with E-state index in [1.165, 1.54) is 11.3 Å². The molecule has 1 saturated heterocycles. The Morgan fingerprint density at radius 2 is 1.96 bits per heavy atom. The third-order valence-electron chi connectivity index (χ3n) is 3.96. The standard InChI is InChI=1S/C16H19Cl2N5OS/c1-3-19-13-9-14(21-10(2)20-13)22-4-6-23(7-5-22)16(24)11-8-12(17)25-15(11)18/h8-9H,3-7H2,1-2H3,(H,19,20,21). The molecule has 1 aliphatic rings. The number of nitrogens with zero attached hydrogens (tertiary/aromatic N) is 4. The van der Waals surface area contributed by atoms with Crippen LogP contribution in [-0.2, 0) is 0 Å². The van der Waals surface area contributed by atoms with Crippen LogP contribution in [0.4, 0.5) is 11.6 Å². The Kier molecular flexibility index (Phi) is 5.66. The molecule has 0 saturated carbocycles. The lowest BCUT2D eigenvalue weighted by molar-refractivity contribution is 0.0747. The van der Waals surface area contributed by atoms with Crippen molar-refractivity contribution in [3.05, 3.63) is 32.2 Å². The molecule has 1 N–H and O–H groups in total. The number of carbonyl (C=O) groups excluding carboxylic acids is 1. The number of aryl methyl sites for hydroxylation is 1. The lowest BCUT2D eigenvalue weighted by Gasteiger charge is -2.35. The highest BCUT2D eigenvalue weighted by Gasteiger charge is 2.25. The van der Waals surface area contributed by atoms with E-state index in [4.69, 9.17) is 23.2 Å². The molecule has 2 aromatic rings. The van der Waals surface area contributed by atoms with Gasteiger partial charge in [0.05, 0.1) is 9.90 Å². The van der Waals surface area contributed by atoms with E-state index in [1.807, 2.05) is 19.9 Å². The van der Waals surface area contributed by atoms with Gasteiger partial charge in [-0.3, -0.25) is 4.79 Å². The van der Waals surface area contributed by atoms with Gasteiger partial charge in [-0.15, -0.1) is 11.3 Å². The highest BCUT2D eigenvalue weighted by atomic mass is 35.5. The summed E-state index contributed by atoms with van der Waals surface area (Å²) in [6.45, 7) is 7.37. The van der Waals surface area contributed by atoms with Crippen molar-refractivity contribution in [1.29, 1.82) is 0 Å². The first-order valence-electron chi connectivity index (χ1n) is 8.06. The summed E-state index contributed by atoms with van der Waals surface area (Å²) < 4.78 is 0.971.